The van der Waals surface area contributed by atoms with Crippen LogP contribution in [0.4, 0.5) is 5.69 Å². The van der Waals surface area contributed by atoms with Gasteiger partial charge in [-0.05, 0) is 54.8 Å². The molecule has 1 unspecified atom stereocenters. The van der Waals surface area contributed by atoms with E-state index in [2.05, 4.69) is 17.5 Å². The van der Waals surface area contributed by atoms with Crippen LogP contribution in [0.3, 0.4) is 0 Å². The number of hydrogen-bond acceptors (Lipinski definition) is 4. The van der Waals surface area contributed by atoms with E-state index in [0.717, 1.165) is 19.3 Å². The van der Waals surface area contributed by atoms with Gasteiger partial charge in [0.1, 0.15) is 0 Å². The zero-order chi connectivity index (χ0) is 16.8. The van der Waals surface area contributed by atoms with E-state index in [1.807, 2.05) is 11.4 Å². The van der Waals surface area contributed by atoms with Gasteiger partial charge in [-0.3, -0.25) is 4.79 Å². The van der Waals surface area contributed by atoms with Gasteiger partial charge in [0.15, 0.2) is 0 Å². The first-order valence-corrected chi connectivity index (χ1v) is 8.87. The van der Waals surface area contributed by atoms with Crippen molar-refractivity contribution in [3.63, 3.8) is 0 Å². The molecule has 4 nitrogen and oxygen atoms in total. The predicted molar refractivity (Wildman–Crippen MR) is 95.5 cm³/mol. The van der Waals surface area contributed by atoms with Crippen LogP contribution in [-0.2, 0) is 4.74 Å². The van der Waals surface area contributed by atoms with E-state index in [0.29, 0.717) is 28.7 Å². The fourth-order valence-electron chi connectivity index (χ4n) is 2.61. The molecule has 1 heterocycles. The molecule has 0 aliphatic heterocycles. The Morgan fingerprint density at radius 1 is 1.21 bits per heavy atom. The summed E-state index contributed by atoms with van der Waals surface area (Å²) in [5.41, 5.74) is 1.04. The summed E-state index contributed by atoms with van der Waals surface area (Å²) in [6, 6.07) is 10.4. The topological polar surface area (TPSA) is 55.4 Å². The highest BCUT2D eigenvalue weighted by Gasteiger charge is 2.15. The zero-order valence-corrected chi connectivity index (χ0v) is 14.1. The molecule has 1 N–H and O–H groups in total. The highest BCUT2D eigenvalue weighted by atomic mass is 32.1. The van der Waals surface area contributed by atoms with Crippen molar-refractivity contribution in [1.29, 1.82) is 0 Å². The van der Waals surface area contributed by atoms with Crippen molar-refractivity contribution < 1.29 is 14.3 Å². The summed E-state index contributed by atoms with van der Waals surface area (Å²) in [6.45, 7) is 0.439. The molecule has 0 saturated carbocycles. The van der Waals surface area contributed by atoms with Crippen molar-refractivity contribution in [3.05, 3.63) is 64.4 Å². The fraction of sp³-hybridized carbons (Fsp3) is 0.263. The number of carbonyl (C=O) groups is 2. The lowest BCUT2D eigenvalue weighted by Gasteiger charge is -2.17. The molecule has 0 fully saturated rings. The maximum absolute atomic E-state index is 12.2. The van der Waals surface area contributed by atoms with E-state index in [1.165, 1.54) is 11.3 Å². The summed E-state index contributed by atoms with van der Waals surface area (Å²) >= 11 is 1.38. The second-order valence-corrected chi connectivity index (χ2v) is 6.71. The number of hydrogen-bond donors (Lipinski definition) is 1. The summed E-state index contributed by atoms with van der Waals surface area (Å²) in [5.74, 6) is -0.123. The van der Waals surface area contributed by atoms with E-state index < -0.39 is 0 Å². The maximum atomic E-state index is 12.2. The van der Waals surface area contributed by atoms with Crippen molar-refractivity contribution in [2.75, 3.05) is 11.9 Å². The third-order valence-corrected chi connectivity index (χ3v) is 4.80. The average Bonchev–Trinajstić information content (AvgIpc) is 3.15. The number of anilines is 1. The van der Waals surface area contributed by atoms with Crippen LogP contribution in [0.25, 0.3) is 0 Å². The van der Waals surface area contributed by atoms with Crippen LogP contribution < -0.4 is 5.32 Å². The van der Waals surface area contributed by atoms with Gasteiger partial charge in [0.25, 0.3) is 5.91 Å². The van der Waals surface area contributed by atoms with Crippen molar-refractivity contribution in [3.8, 4) is 0 Å². The number of rotatable bonds is 5. The minimum Gasteiger partial charge on any atom is -0.462 e. The standard InChI is InChI=1S/C19H19NO3S/c21-18(17-10-5-11-24-17)20-16-9-4-8-15(12-16)19(22)23-13-14-6-2-1-3-7-14/h1-2,4-5,8-12,14H,3,6-7,13H2,(H,20,21). The second kappa shape index (κ2) is 7.93. The third kappa shape index (κ3) is 4.32. The van der Waals surface area contributed by atoms with Gasteiger partial charge in [0.05, 0.1) is 17.0 Å². The van der Waals surface area contributed by atoms with Gasteiger partial charge in [0, 0.05) is 5.69 Å². The molecular weight excluding hydrogens is 322 g/mol. The minimum atomic E-state index is -0.350. The molecule has 1 aromatic heterocycles. The highest BCUT2D eigenvalue weighted by Crippen LogP contribution is 2.20. The van der Waals surface area contributed by atoms with E-state index in [9.17, 15) is 9.59 Å². The first-order valence-electron chi connectivity index (χ1n) is 7.99. The van der Waals surface area contributed by atoms with E-state index >= 15 is 0 Å². The lowest BCUT2D eigenvalue weighted by molar-refractivity contribution is 0.0432. The van der Waals surface area contributed by atoms with Crippen LogP contribution >= 0.6 is 11.3 Å². The van der Waals surface area contributed by atoms with Gasteiger partial charge < -0.3 is 10.1 Å². The summed E-state index contributed by atoms with van der Waals surface area (Å²) < 4.78 is 5.42. The van der Waals surface area contributed by atoms with Gasteiger partial charge in [-0.2, -0.15) is 0 Å². The van der Waals surface area contributed by atoms with Crippen LogP contribution in [0.2, 0.25) is 0 Å². The van der Waals surface area contributed by atoms with E-state index in [1.54, 1.807) is 30.3 Å². The molecule has 1 aliphatic rings. The molecule has 0 spiro atoms. The number of allylic oxidation sites excluding steroid dienone is 2. The molecule has 1 atom stereocenters. The quantitative estimate of drug-likeness (QED) is 0.643. The fourth-order valence-corrected chi connectivity index (χ4v) is 3.23. The Hall–Kier alpha value is -2.40. The van der Waals surface area contributed by atoms with E-state index in [4.69, 9.17) is 4.74 Å². The highest BCUT2D eigenvalue weighted by molar-refractivity contribution is 7.12. The lowest BCUT2D eigenvalue weighted by Crippen LogP contribution is -2.16. The Bertz CT molecular complexity index is 737. The number of ether oxygens (including phenoxy) is 1. The molecular formula is C19H19NO3S. The van der Waals surface area contributed by atoms with Gasteiger partial charge in [-0.25, -0.2) is 4.79 Å². The van der Waals surface area contributed by atoms with Crippen molar-refractivity contribution >= 4 is 28.9 Å². The van der Waals surface area contributed by atoms with Crippen LogP contribution in [0, 0.1) is 5.92 Å². The zero-order valence-electron chi connectivity index (χ0n) is 13.2. The van der Waals surface area contributed by atoms with Crippen molar-refractivity contribution in [2.24, 2.45) is 5.92 Å². The summed E-state index contributed by atoms with van der Waals surface area (Å²) in [5, 5.41) is 4.65. The monoisotopic (exact) mass is 341 g/mol. The van der Waals surface area contributed by atoms with E-state index in [-0.39, 0.29) is 11.9 Å². The van der Waals surface area contributed by atoms with Crippen LogP contribution in [0.5, 0.6) is 0 Å². The summed E-state index contributed by atoms with van der Waals surface area (Å²) in [4.78, 5) is 24.9. The molecule has 0 saturated heterocycles. The molecule has 1 aromatic carbocycles. The first-order chi connectivity index (χ1) is 11.7. The van der Waals surface area contributed by atoms with Crippen molar-refractivity contribution in [1.82, 2.24) is 0 Å². The number of benzene rings is 1. The summed E-state index contributed by atoms with van der Waals surface area (Å²) in [6.07, 6.45) is 7.37. The third-order valence-electron chi connectivity index (χ3n) is 3.93. The minimum absolute atomic E-state index is 0.176. The second-order valence-electron chi connectivity index (χ2n) is 5.76. The maximum Gasteiger partial charge on any atom is 0.338 e. The molecule has 124 valence electrons. The van der Waals surface area contributed by atoms with Gasteiger partial charge in [0.2, 0.25) is 0 Å². The first kappa shape index (κ1) is 16.5. The van der Waals surface area contributed by atoms with Crippen LogP contribution in [0.1, 0.15) is 39.3 Å². The van der Waals surface area contributed by atoms with Crippen LogP contribution in [-0.4, -0.2) is 18.5 Å². The molecule has 1 aliphatic carbocycles. The molecule has 2 aromatic rings. The number of thiophene rings is 1. The Labute approximate surface area is 145 Å². The summed E-state index contributed by atoms with van der Waals surface area (Å²) in [7, 11) is 0. The predicted octanol–water partition coefficient (Wildman–Crippen LogP) is 4.51. The van der Waals surface area contributed by atoms with Gasteiger partial charge in [-0.1, -0.05) is 24.3 Å². The number of nitrogens with one attached hydrogen (secondary N) is 1. The lowest BCUT2D eigenvalue weighted by atomic mass is 9.95. The Kier molecular flexibility index (Phi) is 5.43. The Morgan fingerprint density at radius 2 is 2.12 bits per heavy atom. The Balaban J connectivity index is 1.58. The van der Waals surface area contributed by atoms with Crippen LogP contribution in [0.15, 0.2) is 53.9 Å². The molecule has 3 rings (SSSR count). The molecule has 0 bridgehead atoms. The average molecular weight is 341 g/mol. The largest absolute Gasteiger partial charge is 0.462 e. The number of amides is 1. The molecule has 0 radical (unpaired) electrons. The Morgan fingerprint density at radius 3 is 2.88 bits per heavy atom. The SMILES string of the molecule is O=C(OCC1CC=CCC1)c1cccc(NC(=O)c2cccs2)c1. The number of carbonyl (C=O) groups excluding carboxylic acids is 2. The smallest absolute Gasteiger partial charge is 0.338 e. The molecule has 1 amide bonds. The van der Waals surface area contributed by atoms with Crippen molar-refractivity contribution in [2.45, 2.75) is 19.3 Å². The molecule has 24 heavy (non-hydrogen) atoms. The van der Waals surface area contributed by atoms with Gasteiger partial charge >= 0.3 is 5.97 Å². The molecule has 5 heteroatoms. The van der Waals surface area contributed by atoms with Gasteiger partial charge in [-0.15, -0.1) is 11.3 Å². The normalized spacial score (nSPS) is 16.6. The number of esters is 1.